The summed E-state index contributed by atoms with van der Waals surface area (Å²) in [6, 6.07) is 7.76. The van der Waals surface area contributed by atoms with Crippen molar-refractivity contribution >= 4 is 22.6 Å². The highest BCUT2D eigenvalue weighted by atomic mass is 35.5. The third kappa shape index (κ3) is 1.62. The molecule has 0 saturated carbocycles. The van der Waals surface area contributed by atoms with Gasteiger partial charge in [0.05, 0.1) is 12.5 Å². The Balaban J connectivity index is 2.32. The number of hydrogen-bond donors (Lipinski definition) is 1. The lowest BCUT2D eigenvalue weighted by Crippen LogP contribution is -1.87. The van der Waals surface area contributed by atoms with Crippen LogP contribution in [0.1, 0.15) is 0 Å². The molecule has 0 amide bonds. The van der Waals surface area contributed by atoms with Gasteiger partial charge in [-0.15, -0.1) is 0 Å². The molecule has 0 spiro atoms. The Bertz CT molecular complexity index is 708. The van der Waals surface area contributed by atoms with Gasteiger partial charge in [-0.3, -0.25) is 0 Å². The van der Waals surface area contributed by atoms with E-state index in [0.717, 1.165) is 27.9 Å². The molecule has 0 aliphatic carbocycles. The van der Waals surface area contributed by atoms with E-state index in [4.69, 9.17) is 16.3 Å². The van der Waals surface area contributed by atoms with Crippen molar-refractivity contribution in [3.63, 3.8) is 0 Å². The summed E-state index contributed by atoms with van der Waals surface area (Å²) in [5.41, 5.74) is 2.62. The van der Waals surface area contributed by atoms with Gasteiger partial charge in [0, 0.05) is 17.3 Å². The largest absolute Gasteiger partial charge is 0.496 e. The first-order chi connectivity index (χ1) is 8.81. The summed E-state index contributed by atoms with van der Waals surface area (Å²) < 4.78 is 5.36. The number of H-pyrrole nitrogens is 1. The van der Waals surface area contributed by atoms with Crippen LogP contribution in [-0.2, 0) is 0 Å². The maximum atomic E-state index is 6.14. The van der Waals surface area contributed by atoms with E-state index < -0.39 is 0 Å². The van der Waals surface area contributed by atoms with Crippen LogP contribution < -0.4 is 4.74 Å². The summed E-state index contributed by atoms with van der Waals surface area (Å²) in [6.07, 6.45) is 3.30. The van der Waals surface area contributed by atoms with Crippen LogP contribution in [0.15, 0.2) is 36.8 Å². The highest BCUT2D eigenvalue weighted by molar-refractivity contribution is 6.35. The summed E-state index contributed by atoms with van der Waals surface area (Å²) >= 11 is 6.14. The first-order valence-electron chi connectivity index (χ1n) is 5.42. The fourth-order valence-electron chi connectivity index (χ4n) is 2.00. The van der Waals surface area contributed by atoms with Gasteiger partial charge in [-0.05, 0) is 6.07 Å². The molecule has 1 N–H and O–H groups in total. The first kappa shape index (κ1) is 11.0. The summed E-state index contributed by atoms with van der Waals surface area (Å²) in [6.45, 7) is 0. The molecule has 0 unspecified atom stereocenters. The Kier molecular flexibility index (Phi) is 2.64. The zero-order valence-corrected chi connectivity index (χ0v) is 10.4. The first-order valence-corrected chi connectivity index (χ1v) is 5.80. The van der Waals surface area contributed by atoms with Crippen LogP contribution in [0, 0.1) is 0 Å². The molecule has 3 aromatic rings. The second kappa shape index (κ2) is 4.31. The molecular weight excluding hydrogens is 250 g/mol. The SMILES string of the molecule is COc1ccccc1-c1c[nH]c2ncnc(Cl)c12. The number of rotatable bonds is 2. The fraction of sp³-hybridized carbons (Fsp3) is 0.0769. The Labute approximate surface area is 109 Å². The molecule has 3 rings (SSSR count). The van der Waals surface area contributed by atoms with Gasteiger partial charge in [-0.1, -0.05) is 29.8 Å². The maximum absolute atomic E-state index is 6.14. The number of aromatic amines is 1. The second-order valence-electron chi connectivity index (χ2n) is 3.79. The molecule has 4 nitrogen and oxygen atoms in total. The minimum atomic E-state index is 0.433. The number of ether oxygens (including phenoxy) is 1. The monoisotopic (exact) mass is 259 g/mol. The van der Waals surface area contributed by atoms with E-state index >= 15 is 0 Å². The fourth-order valence-corrected chi connectivity index (χ4v) is 2.24. The van der Waals surface area contributed by atoms with Crippen molar-refractivity contribution in [2.45, 2.75) is 0 Å². The molecule has 0 atom stereocenters. The average Bonchev–Trinajstić information content (AvgIpc) is 2.84. The quantitative estimate of drug-likeness (QED) is 0.719. The van der Waals surface area contributed by atoms with Gasteiger partial charge in [0.25, 0.3) is 0 Å². The van der Waals surface area contributed by atoms with Gasteiger partial charge in [0.2, 0.25) is 0 Å². The summed E-state index contributed by atoms with van der Waals surface area (Å²) in [7, 11) is 1.64. The number of methoxy groups -OCH3 is 1. The summed E-state index contributed by atoms with van der Waals surface area (Å²) in [5, 5.41) is 1.24. The normalized spacial score (nSPS) is 10.8. The molecule has 5 heteroatoms. The Morgan fingerprint density at radius 2 is 2.00 bits per heavy atom. The number of aromatic nitrogens is 3. The lowest BCUT2D eigenvalue weighted by atomic mass is 10.1. The number of benzene rings is 1. The maximum Gasteiger partial charge on any atom is 0.142 e. The van der Waals surface area contributed by atoms with Crippen molar-refractivity contribution in [2.75, 3.05) is 7.11 Å². The second-order valence-corrected chi connectivity index (χ2v) is 4.15. The van der Waals surface area contributed by atoms with Crippen molar-refractivity contribution in [1.29, 1.82) is 0 Å². The lowest BCUT2D eigenvalue weighted by molar-refractivity contribution is 0.416. The third-order valence-electron chi connectivity index (χ3n) is 2.82. The molecule has 90 valence electrons. The van der Waals surface area contributed by atoms with Gasteiger partial charge < -0.3 is 9.72 Å². The smallest absolute Gasteiger partial charge is 0.142 e. The van der Waals surface area contributed by atoms with Gasteiger partial charge in [-0.2, -0.15) is 0 Å². The van der Waals surface area contributed by atoms with Crippen molar-refractivity contribution in [2.24, 2.45) is 0 Å². The Hall–Kier alpha value is -2.07. The number of fused-ring (bicyclic) bond motifs is 1. The van der Waals surface area contributed by atoms with Gasteiger partial charge in [0.1, 0.15) is 22.9 Å². The van der Waals surface area contributed by atoms with Crippen LogP contribution in [0.3, 0.4) is 0 Å². The van der Waals surface area contributed by atoms with Crippen LogP contribution >= 0.6 is 11.6 Å². The van der Waals surface area contributed by atoms with Crippen molar-refractivity contribution < 1.29 is 4.74 Å². The predicted octanol–water partition coefficient (Wildman–Crippen LogP) is 3.29. The van der Waals surface area contributed by atoms with E-state index in [9.17, 15) is 0 Å². The topological polar surface area (TPSA) is 50.8 Å². The molecule has 18 heavy (non-hydrogen) atoms. The standard InChI is InChI=1S/C13H10ClN3O/c1-18-10-5-3-2-4-8(10)9-6-15-13-11(9)12(14)16-7-17-13/h2-7H,1H3,(H,15,16,17). The lowest BCUT2D eigenvalue weighted by Gasteiger charge is -2.07. The number of hydrogen-bond acceptors (Lipinski definition) is 3. The van der Waals surface area contributed by atoms with Crippen LogP contribution in [0.4, 0.5) is 0 Å². The summed E-state index contributed by atoms with van der Waals surface area (Å²) in [4.78, 5) is 11.3. The highest BCUT2D eigenvalue weighted by Gasteiger charge is 2.14. The molecule has 2 heterocycles. The zero-order chi connectivity index (χ0) is 12.5. The van der Waals surface area contributed by atoms with Crippen molar-refractivity contribution in [3.05, 3.63) is 41.9 Å². The van der Waals surface area contributed by atoms with Crippen molar-refractivity contribution in [3.8, 4) is 16.9 Å². The van der Waals surface area contributed by atoms with Crippen LogP contribution in [-0.4, -0.2) is 22.1 Å². The van der Waals surface area contributed by atoms with E-state index in [1.54, 1.807) is 7.11 Å². The van der Waals surface area contributed by atoms with E-state index in [0.29, 0.717) is 5.15 Å². The van der Waals surface area contributed by atoms with E-state index in [-0.39, 0.29) is 0 Å². The van der Waals surface area contributed by atoms with Gasteiger partial charge in [0.15, 0.2) is 0 Å². The zero-order valence-electron chi connectivity index (χ0n) is 9.64. The number of nitrogens with one attached hydrogen (secondary N) is 1. The average molecular weight is 260 g/mol. The van der Waals surface area contributed by atoms with Gasteiger partial charge >= 0.3 is 0 Å². The Morgan fingerprint density at radius 1 is 1.17 bits per heavy atom. The molecule has 0 saturated heterocycles. The molecule has 0 aliphatic heterocycles. The molecule has 0 bridgehead atoms. The van der Waals surface area contributed by atoms with Gasteiger partial charge in [-0.25, -0.2) is 9.97 Å². The molecule has 1 aromatic carbocycles. The predicted molar refractivity (Wildman–Crippen MR) is 70.9 cm³/mol. The minimum absolute atomic E-state index is 0.433. The van der Waals surface area contributed by atoms with E-state index in [1.165, 1.54) is 6.33 Å². The molecular formula is C13H10ClN3O. The van der Waals surface area contributed by atoms with Crippen LogP contribution in [0.25, 0.3) is 22.2 Å². The molecule has 0 radical (unpaired) electrons. The van der Waals surface area contributed by atoms with E-state index in [2.05, 4.69) is 15.0 Å². The van der Waals surface area contributed by atoms with Crippen LogP contribution in [0.2, 0.25) is 5.15 Å². The molecule has 0 aliphatic rings. The number of halogens is 1. The molecule has 0 fully saturated rings. The third-order valence-corrected chi connectivity index (χ3v) is 3.11. The van der Waals surface area contributed by atoms with E-state index in [1.807, 2.05) is 30.5 Å². The molecule has 2 aromatic heterocycles. The summed E-state index contributed by atoms with van der Waals surface area (Å²) in [5.74, 6) is 0.790. The minimum Gasteiger partial charge on any atom is -0.496 e. The Morgan fingerprint density at radius 3 is 2.83 bits per heavy atom. The number of nitrogens with zero attached hydrogens (tertiary/aromatic N) is 2. The number of para-hydroxylation sites is 1. The van der Waals surface area contributed by atoms with Crippen LogP contribution in [0.5, 0.6) is 5.75 Å². The highest BCUT2D eigenvalue weighted by Crippen LogP contribution is 2.36. The van der Waals surface area contributed by atoms with Crippen molar-refractivity contribution in [1.82, 2.24) is 15.0 Å².